The number of rotatable bonds is 9. The second-order valence-corrected chi connectivity index (χ2v) is 7.10. The van der Waals surface area contributed by atoms with E-state index in [1.807, 2.05) is 19.9 Å². The molecule has 8 heteroatoms. The summed E-state index contributed by atoms with van der Waals surface area (Å²) in [5.74, 6) is 0.211. The van der Waals surface area contributed by atoms with Crippen LogP contribution >= 0.6 is 0 Å². The number of unbranched alkanes of at least 4 members (excludes halogenated alkanes) is 2. The Morgan fingerprint density at radius 2 is 2.10 bits per heavy atom. The van der Waals surface area contributed by atoms with Crippen LogP contribution < -0.4 is 5.32 Å². The molecule has 0 unspecified atom stereocenters. The molecule has 0 bridgehead atoms. The molecular formula is C21H26N4O4. The Hall–Kier alpha value is -3.16. The maximum absolute atomic E-state index is 12.9. The van der Waals surface area contributed by atoms with Crippen LogP contribution in [0.3, 0.4) is 0 Å². The van der Waals surface area contributed by atoms with Crippen LogP contribution in [0.1, 0.15) is 55.9 Å². The summed E-state index contributed by atoms with van der Waals surface area (Å²) in [4.78, 5) is 28.7. The highest BCUT2D eigenvalue weighted by atomic mass is 16.5. The third-order valence-corrected chi connectivity index (χ3v) is 4.65. The van der Waals surface area contributed by atoms with Crippen LogP contribution in [0.5, 0.6) is 0 Å². The molecule has 0 saturated carbocycles. The fourth-order valence-corrected chi connectivity index (χ4v) is 3.10. The molecule has 0 radical (unpaired) electrons. The second-order valence-electron chi connectivity index (χ2n) is 7.10. The summed E-state index contributed by atoms with van der Waals surface area (Å²) in [5.41, 5.74) is 1.76. The van der Waals surface area contributed by atoms with E-state index in [4.69, 9.17) is 4.42 Å². The Morgan fingerprint density at radius 3 is 2.79 bits per heavy atom. The van der Waals surface area contributed by atoms with Gasteiger partial charge < -0.3 is 14.5 Å². The molecule has 0 aromatic carbocycles. The molecule has 0 atom stereocenters. The van der Waals surface area contributed by atoms with Gasteiger partial charge in [0.2, 0.25) is 0 Å². The number of esters is 1. The third-order valence-electron chi connectivity index (χ3n) is 4.65. The van der Waals surface area contributed by atoms with E-state index in [2.05, 4.69) is 20.1 Å². The highest BCUT2D eigenvalue weighted by Gasteiger charge is 2.19. The molecule has 3 heterocycles. The van der Waals surface area contributed by atoms with Crippen LogP contribution in [0, 0.1) is 0 Å². The lowest BCUT2D eigenvalue weighted by Crippen LogP contribution is -2.25. The first-order valence-corrected chi connectivity index (χ1v) is 9.78. The molecule has 0 saturated heterocycles. The number of furan rings is 1. The van der Waals surface area contributed by atoms with Crippen LogP contribution in [0.15, 0.2) is 35.1 Å². The number of hydrogen-bond donors (Lipinski definition) is 1. The highest BCUT2D eigenvalue weighted by Crippen LogP contribution is 2.26. The summed E-state index contributed by atoms with van der Waals surface area (Å²) in [6, 6.07) is 5.44. The van der Waals surface area contributed by atoms with Crippen molar-refractivity contribution >= 4 is 22.9 Å². The first-order valence-electron chi connectivity index (χ1n) is 9.78. The molecule has 1 amide bonds. The molecule has 3 aromatic heterocycles. The van der Waals surface area contributed by atoms with Crippen molar-refractivity contribution in [3.05, 3.63) is 36.2 Å². The lowest BCUT2D eigenvalue weighted by Gasteiger charge is -2.10. The average Bonchev–Trinajstić information content (AvgIpc) is 3.39. The lowest BCUT2D eigenvalue weighted by molar-refractivity contribution is -0.140. The maximum Gasteiger partial charge on any atom is 0.305 e. The van der Waals surface area contributed by atoms with Crippen molar-refractivity contribution < 1.29 is 18.7 Å². The van der Waals surface area contributed by atoms with E-state index in [-0.39, 0.29) is 17.9 Å². The van der Waals surface area contributed by atoms with Gasteiger partial charge in [-0.2, -0.15) is 5.10 Å². The quantitative estimate of drug-likeness (QED) is 0.435. The number of ether oxygens (including phenoxy) is 1. The summed E-state index contributed by atoms with van der Waals surface area (Å²) in [6.45, 7) is 4.56. The molecule has 29 heavy (non-hydrogen) atoms. The van der Waals surface area contributed by atoms with E-state index >= 15 is 0 Å². The van der Waals surface area contributed by atoms with E-state index in [9.17, 15) is 9.59 Å². The zero-order valence-electron chi connectivity index (χ0n) is 17.0. The van der Waals surface area contributed by atoms with Gasteiger partial charge in [-0.05, 0) is 44.9 Å². The second kappa shape index (κ2) is 9.36. The molecule has 0 fully saturated rings. The van der Waals surface area contributed by atoms with Gasteiger partial charge in [-0.1, -0.05) is 6.42 Å². The van der Waals surface area contributed by atoms with Gasteiger partial charge in [-0.15, -0.1) is 0 Å². The Labute approximate surface area is 169 Å². The van der Waals surface area contributed by atoms with Crippen molar-refractivity contribution in [3.63, 3.8) is 0 Å². The number of carbonyl (C=O) groups is 2. The van der Waals surface area contributed by atoms with E-state index in [1.165, 1.54) is 7.11 Å². The number of hydrogen-bond acceptors (Lipinski definition) is 6. The Balaban J connectivity index is 1.75. The topological polar surface area (TPSA) is 99.2 Å². The van der Waals surface area contributed by atoms with Crippen molar-refractivity contribution in [3.8, 4) is 11.5 Å². The molecular weight excluding hydrogens is 372 g/mol. The molecule has 154 valence electrons. The number of methoxy groups -OCH3 is 1. The molecule has 0 spiro atoms. The molecule has 1 N–H and O–H groups in total. The van der Waals surface area contributed by atoms with Crippen molar-refractivity contribution in [2.75, 3.05) is 13.7 Å². The Bertz CT molecular complexity index is 976. The van der Waals surface area contributed by atoms with E-state index in [0.717, 1.165) is 19.3 Å². The van der Waals surface area contributed by atoms with Gasteiger partial charge in [0.25, 0.3) is 5.91 Å². The Kier molecular flexibility index (Phi) is 6.64. The number of fused-ring (bicyclic) bond motifs is 1. The number of pyridine rings is 1. The lowest BCUT2D eigenvalue weighted by atomic mass is 10.1. The fraction of sp³-hybridized carbons (Fsp3) is 0.429. The zero-order valence-corrected chi connectivity index (χ0v) is 17.0. The molecule has 8 nitrogen and oxygen atoms in total. The summed E-state index contributed by atoms with van der Waals surface area (Å²) in [7, 11) is 1.39. The zero-order chi connectivity index (χ0) is 20.8. The van der Waals surface area contributed by atoms with Crippen LogP contribution in [0.2, 0.25) is 0 Å². The smallest absolute Gasteiger partial charge is 0.305 e. The minimum Gasteiger partial charge on any atom is -0.469 e. The predicted octanol–water partition coefficient (Wildman–Crippen LogP) is 3.74. The minimum absolute atomic E-state index is 0.109. The monoisotopic (exact) mass is 398 g/mol. The third kappa shape index (κ3) is 4.82. The average molecular weight is 398 g/mol. The van der Waals surface area contributed by atoms with Gasteiger partial charge in [0.05, 0.1) is 30.5 Å². The van der Waals surface area contributed by atoms with Crippen molar-refractivity contribution in [1.29, 1.82) is 0 Å². The molecule has 3 rings (SSSR count). The maximum atomic E-state index is 12.9. The minimum atomic E-state index is -0.208. The standard InChI is InChI=1S/C21H26N4O4/c1-14(2)25-20-16(13-23-25)15(12-17(24-20)18-8-7-11-29-18)21(27)22-10-6-4-5-9-19(26)28-3/h7-8,11-14H,4-6,9-10H2,1-3H3,(H,22,27). The number of carbonyl (C=O) groups excluding carboxylic acids is 2. The molecule has 0 aliphatic heterocycles. The van der Waals surface area contributed by atoms with Gasteiger partial charge in [-0.25, -0.2) is 9.67 Å². The van der Waals surface area contributed by atoms with Gasteiger partial charge in [0, 0.05) is 19.0 Å². The van der Waals surface area contributed by atoms with Gasteiger partial charge in [0.15, 0.2) is 11.4 Å². The molecule has 3 aromatic rings. The van der Waals surface area contributed by atoms with E-state index in [0.29, 0.717) is 41.0 Å². The fourth-order valence-electron chi connectivity index (χ4n) is 3.10. The van der Waals surface area contributed by atoms with Crippen molar-refractivity contribution in [1.82, 2.24) is 20.1 Å². The summed E-state index contributed by atoms with van der Waals surface area (Å²) < 4.78 is 11.9. The van der Waals surface area contributed by atoms with Crippen LogP contribution in [0.25, 0.3) is 22.5 Å². The highest BCUT2D eigenvalue weighted by molar-refractivity contribution is 6.06. The number of amides is 1. The first-order chi connectivity index (χ1) is 14.0. The number of nitrogens with zero attached hydrogens (tertiary/aromatic N) is 3. The number of nitrogens with one attached hydrogen (secondary N) is 1. The summed E-state index contributed by atoms with van der Waals surface area (Å²) in [6.07, 6.45) is 6.02. The SMILES string of the molecule is COC(=O)CCCCCNC(=O)c1cc(-c2ccco2)nc2c1cnn2C(C)C. The Morgan fingerprint density at radius 1 is 1.28 bits per heavy atom. The van der Waals surface area contributed by atoms with E-state index in [1.54, 1.807) is 29.3 Å². The van der Waals surface area contributed by atoms with Gasteiger partial charge in [0.1, 0.15) is 5.69 Å². The normalized spacial score (nSPS) is 11.2. The summed E-state index contributed by atoms with van der Waals surface area (Å²) in [5, 5.41) is 8.06. The molecule has 0 aliphatic rings. The number of aromatic nitrogens is 3. The van der Waals surface area contributed by atoms with Gasteiger partial charge in [-0.3, -0.25) is 9.59 Å². The largest absolute Gasteiger partial charge is 0.469 e. The van der Waals surface area contributed by atoms with Crippen LogP contribution in [-0.4, -0.2) is 40.3 Å². The molecule has 0 aliphatic carbocycles. The van der Waals surface area contributed by atoms with Crippen molar-refractivity contribution in [2.45, 2.75) is 45.6 Å². The van der Waals surface area contributed by atoms with Crippen molar-refractivity contribution in [2.24, 2.45) is 0 Å². The summed E-state index contributed by atoms with van der Waals surface area (Å²) >= 11 is 0. The predicted molar refractivity (Wildman–Crippen MR) is 108 cm³/mol. The van der Waals surface area contributed by atoms with Crippen LogP contribution in [0.4, 0.5) is 0 Å². The first kappa shape index (κ1) is 20.6. The van der Waals surface area contributed by atoms with Crippen LogP contribution in [-0.2, 0) is 9.53 Å². The van der Waals surface area contributed by atoms with E-state index < -0.39 is 0 Å². The van der Waals surface area contributed by atoms with Gasteiger partial charge >= 0.3 is 5.97 Å².